The Hall–Kier alpha value is -8.34. The molecular weight excluding hydrogens is 1090 g/mol. The fourth-order valence-electron chi connectivity index (χ4n) is 8.68. The molecule has 0 heterocycles. The number of nitrogens with one attached hydrogen (secondary N) is 2. The summed E-state index contributed by atoms with van der Waals surface area (Å²) in [5, 5.41) is 6.04. The molecule has 0 spiro atoms. The van der Waals surface area contributed by atoms with Crippen LogP contribution in [0.1, 0.15) is 55.3 Å². The number of methoxy groups -OCH3 is 4. The second kappa shape index (κ2) is 26.1. The van der Waals surface area contributed by atoms with Crippen molar-refractivity contribution in [3.63, 3.8) is 0 Å². The molecule has 0 aromatic heterocycles. The third-order valence-corrected chi connectivity index (χ3v) is 13.7. The van der Waals surface area contributed by atoms with Gasteiger partial charge in [-0.15, -0.1) is 11.6 Å². The monoisotopic (exact) mass is 1140 g/mol. The fraction of sp³-hybridized carbons (Fsp3) is 0.194. The van der Waals surface area contributed by atoms with Crippen LogP contribution in [0.3, 0.4) is 0 Å². The van der Waals surface area contributed by atoms with E-state index in [1.54, 1.807) is 42.5 Å². The summed E-state index contributed by atoms with van der Waals surface area (Å²) in [6, 6.07) is 41.2. The van der Waals surface area contributed by atoms with Gasteiger partial charge in [0.15, 0.2) is 0 Å². The van der Waals surface area contributed by atoms with E-state index in [1.165, 1.54) is 70.9 Å². The van der Waals surface area contributed by atoms with Gasteiger partial charge in [0, 0.05) is 23.8 Å². The molecule has 10 nitrogen and oxygen atoms in total. The van der Waals surface area contributed by atoms with E-state index in [2.05, 4.69) is 10.6 Å². The number of allylic oxidation sites excluding steroid dienone is 4. The average molecular weight is 1140 g/mol. The molecule has 2 N–H and O–H groups in total. The van der Waals surface area contributed by atoms with E-state index in [0.29, 0.717) is 27.3 Å². The molecule has 1 aliphatic carbocycles. The third kappa shape index (κ3) is 15.3. The Bertz CT molecular complexity index is 3340. The smallest absolute Gasteiger partial charge is 0.416 e. The number of carbonyl (C=O) groups is 4. The first-order valence-corrected chi connectivity index (χ1v) is 25.3. The molecule has 8 rings (SSSR count). The van der Waals surface area contributed by atoms with Crippen LogP contribution >= 0.6 is 23.2 Å². The van der Waals surface area contributed by atoms with Crippen molar-refractivity contribution in [3.8, 4) is 44.9 Å². The van der Waals surface area contributed by atoms with Gasteiger partial charge in [-0.2, -0.15) is 26.3 Å². The lowest BCUT2D eigenvalue weighted by Crippen LogP contribution is -2.45. The van der Waals surface area contributed by atoms with Crippen LogP contribution in [-0.4, -0.2) is 69.2 Å². The largest absolute Gasteiger partial charge is 0.496 e. The summed E-state index contributed by atoms with van der Waals surface area (Å²) in [7, 11) is 5.23. The zero-order chi connectivity index (χ0) is 57.8. The number of carbonyl (C=O) groups excluding carboxylic acids is 4. The molecule has 0 fully saturated rings. The van der Waals surface area contributed by atoms with E-state index in [4.69, 9.17) is 42.1 Å². The molecule has 0 bridgehead atoms. The average Bonchev–Trinajstić information content (AvgIpc) is 3.51. The summed E-state index contributed by atoms with van der Waals surface area (Å²) in [6.07, 6.45) is -1.27. The Balaban J connectivity index is 0.000000231. The highest BCUT2D eigenvalue weighted by atomic mass is 35.5. The minimum absolute atomic E-state index is 0.0163. The van der Waals surface area contributed by atoms with Gasteiger partial charge in [-0.1, -0.05) is 139 Å². The zero-order valence-corrected chi connectivity index (χ0v) is 44.8. The normalized spacial score (nSPS) is 15.5. The van der Waals surface area contributed by atoms with Crippen molar-refractivity contribution in [3.05, 3.63) is 226 Å². The first-order valence-electron chi connectivity index (χ1n) is 24.6. The topological polar surface area (TPSA) is 129 Å². The van der Waals surface area contributed by atoms with Crippen molar-refractivity contribution < 1.29 is 64.5 Å². The van der Waals surface area contributed by atoms with Crippen molar-refractivity contribution >= 4 is 47.0 Å². The van der Waals surface area contributed by atoms with Crippen molar-refractivity contribution in [1.29, 1.82) is 0 Å². The molecule has 0 aliphatic heterocycles. The lowest BCUT2D eigenvalue weighted by atomic mass is 9.87. The molecule has 0 radical (unpaired) electrons. The van der Waals surface area contributed by atoms with Crippen molar-refractivity contribution in [2.45, 2.75) is 48.1 Å². The Morgan fingerprint density at radius 1 is 0.525 bits per heavy atom. The van der Waals surface area contributed by atoms with E-state index in [0.717, 1.165) is 46.5 Å². The number of hydrogen-bond donors (Lipinski definition) is 2. The van der Waals surface area contributed by atoms with Crippen LogP contribution in [0, 0.1) is 0 Å². The molecule has 2 atom stereocenters. The highest BCUT2D eigenvalue weighted by molar-refractivity contribution is 6.30. The molecule has 80 heavy (non-hydrogen) atoms. The molecule has 7 aromatic carbocycles. The summed E-state index contributed by atoms with van der Waals surface area (Å²) in [4.78, 5) is 50.9. The number of hydrogen-bond acceptors (Lipinski definition) is 8. The van der Waals surface area contributed by atoms with E-state index in [1.807, 2.05) is 78.9 Å². The first kappa shape index (κ1) is 59.3. The van der Waals surface area contributed by atoms with Crippen molar-refractivity contribution in [1.82, 2.24) is 10.6 Å². The molecule has 7 aromatic rings. The minimum Gasteiger partial charge on any atom is -0.496 e. The van der Waals surface area contributed by atoms with Crippen LogP contribution in [0.5, 0.6) is 11.5 Å². The molecular formula is C62H52Cl2F6N2O8. The maximum absolute atomic E-state index is 13.4. The van der Waals surface area contributed by atoms with Crippen LogP contribution in [0.15, 0.2) is 188 Å². The van der Waals surface area contributed by atoms with Crippen LogP contribution in [0.25, 0.3) is 33.4 Å². The number of ether oxygens (including phenoxy) is 4. The zero-order valence-electron chi connectivity index (χ0n) is 43.3. The van der Waals surface area contributed by atoms with Gasteiger partial charge in [0.25, 0.3) is 11.8 Å². The number of benzene rings is 7. The standard InChI is InChI=1S/C31H25ClF3NO4.C31H27ClF3NO4/c1-39-28-16-11-23(22-7-12-24(13-8-22)31(33,34)35)18-26(28)29(37)36-27(30(38)40-2)17-19-3-5-20(6-4-19)21-9-14-25(32)15-10-21;1-39-27-13-10-23(21-8-11-24(12-9-21)31(33,34)35)18-25(27)28(37)36-26(29(38)40-2)19-30(32)16-14-22(15-17-30)20-6-4-3-5-7-20/h3-16,18,27H,17H2,1-2H3,(H,36,37);3-18,22,26H,19H2,1-2H3,(H,36,37). The first-order chi connectivity index (χ1) is 38.1. The molecule has 2 amide bonds. The van der Waals surface area contributed by atoms with Gasteiger partial charge >= 0.3 is 24.3 Å². The fourth-order valence-corrected chi connectivity index (χ4v) is 9.11. The van der Waals surface area contributed by atoms with Gasteiger partial charge in [0.2, 0.25) is 0 Å². The molecule has 2 unspecified atom stereocenters. The van der Waals surface area contributed by atoms with Gasteiger partial charge < -0.3 is 29.6 Å². The Labute approximate surface area is 467 Å². The number of rotatable bonds is 16. The Kier molecular flexibility index (Phi) is 19.3. The van der Waals surface area contributed by atoms with Gasteiger partial charge in [-0.05, 0) is 105 Å². The summed E-state index contributed by atoms with van der Waals surface area (Å²) >= 11 is 12.8. The minimum atomic E-state index is -4.46. The quantitative estimate of drug-likeness (QED) is 0.0424. The van der Waals surface area contributed by atoms with Gasteiger partial charge in [0.1, 0.15) is 23.6 Å². The van der Waals surface area contributed by atoms with E-state index in [9.17, 15) is 45.5 Å². The second-order valence-corrected chi connectivity index (χ2v) is 19.4. The summed E-state index contributed by atoms with van der Waals surface area (Å²) in [5.41, 5.74) is 4.44. The van der Waals surface area contributed by atoms with Crippen molar-refractivity contribution in [2.75, 3.05) is 28.4 Å². The van der Waals surface area contributed by atoms with Gasteiger partial charge in [-0.25, -0.2) is 9.59 Å². The molecule has 414 valence electrons. The molecule has 0 saturated heterocycles. The molecule has 18 heteroatoms. The second-order valence-electron chi connectivity index (χ2n) is 18.3. The van der Waals surface area contributed by atoms with Crippen LogP contribution in [0.4, 0.5) is 26.3 Å². The predicted molar refractivity (Wildman–Crippen MR) is 295 cm³/mol. The summed E-state index contributed by atoms with van der Waals surface area (Å²) < 4.78 is 98.3. The van der Waals surface area contributed by atoms with Gasteiger partial charge in [0.05, 0.1) is 55.6 Å². The van der Waals surface area contributed by atoms with E-state index in [-0.39, 0.29) is 41.4 Å². The highest BCUT2D eigenvalue weighted by Crippen LogP contribution is 2.37. The summed E-state index contributed by atoms with van der Waals surface area (Å²) in [6.45, 7) is 0. The number of esters is 2. The Morgan fingerprint density at radius 3 is 1.34 bits per heavy atom. The van der Waals surface area contributed by atoms with E-state index >= 15 is 0 Å². The van der Waals surface area contributed by atoms with Crippen LogP contribution in [0.2, 0.25) is 5.02 Å². The lowest BCUT2D eigenvalue weighted by Gasteiger charge is -2.28. The van der Waals surface area contributed by atoms with E-state index < -0.39 is 64.2 Å². The Morgan fingerprint density at radius 2 is 0.912 bits per heavy atom. The third-order valence-electron chi connectivity index (χ3n) is 13.0. The van der Waals surface area contributed by atoms with Crippen LogP contribution < -0.4 is 20.1 Å². The maximum Gasteiger partial charge on any atom is 0.416 e. The SMILES string of the molecule is COC(=O)C(CC1(Cl)C=CC(c2ccccc2)C=C1)NC(=O)c1cc(-c2ccc(C(F)(F)F)cc2)ccc1OC.COC(=O)C(Cc1ccc(-c2ccc(Cl)cc2)cc1)NC(=O)c1cc(-c2ccc(C(F)(F)F)cc2)ccc1OC. The van der Waals surface area contributed by atoms with Gasteiger partial charge in [-0.3, -0.25) is 9.59 Å². The van der Waals surface area contributed by atoms with Crippen molar-refractivity contribution in [2.24, 2.45) is 0 Å². The van der Waals surface area contributed by atoms with Crippen LogP contribution in [-0.2, 0) is 37.8 Å². The summed E-state index contributed by atoms with van der Waals surface area (Å²) in [5.74, 6) is -2.06. The predicted octanol–water partition coefficient (Wildman–Crippen LogP) is 14.1. The number of amides is 2. The lowest BCUT2D eigenvalue weighted by molar-refractivity contribution is -0.143. The number of alkyl halides is 7. The number of halogens is 8. The maximum atomic E-state index is 13.4. The highest BCUT2D eigenvalue weighted by Gasteiger charge is 2.35. The molecule has 0 saturated carbocycles. The molecule has 1 aliphatic rings.